The summed E-state index contributed by atoms with van der Waals surface area (Å²) < 4.78 is 0. The third kappa shape index (κ3) is 12.7. The molecule has 0 radical (unpaired) electrons. The Labute approximate surface area is 220 Å². The summed E-state index contributed by atoms with van der Waals surface area (Å²) in [5.41, 5.74) is 12.3. The maximum Gasteiger partial charge on any atom is 0.326 e. The molecule has 10 heteroatoms. The number of unbranched alkanes of at least 4 members (excludes halogenated alkanes) is 2. The molecule has 3 amide bonds. The zero-order chi connectivity index (χ0) is 27.8. The Morgan fingerprint density at radius 3 is 2.00 bits per heavy atom. The number of carbonyl (C=O) groups excluding carboxylic acids is 3. The van der Waals surface area contributed by atoms with Crippen molar-refractivity contribution >= 4 is 23.7 Å². The van der Waals surface area contributed by atoms with Crippen LogP contribution in [-0.4, -0.2) is 59.5 Å². The van der Waals surface area contributed by atoms with E-state index >= 15 is 0 Å². The van der Waals surface area contributed by atoms with Gasteiger partial charge in [0.15, 0.2) is 0 Å². The Hall–Kier alpha value is -2.98. The summed E-state index contributed by atoms with van der Waals surface area (Å²) in [7, 11) is 0. The van der Waals surface area contributed by atoms with Gasteiger partial charge in [-0.2, -0.15) is 0 Å². The zero-order valence-electron chi connectivity index (χ0n) is 22.4. The molecule has 37 heavy (non-hydrogen) atoms. The molecule has 0 unspecified atom stereocenters. The fourth-order valence-electron chi connectivity index (χ4n) is 3.89. The van der Waals surface area contributed by atoms with Crippen LogP contribution in [0.15, 0.2) is 30.3 Å². The van der Waals surface area contributed by atoms with Crippen LogP contribution in [0.1, 0.15) is 71.3 Å². The Morgan fingerprint density at radius 2 is 1.43 bits per heavy atom. The van der Waals surface area contributed by atoms with Gasteiger partial charge in [-0.05, 0) is 50.1 Å². The maximum atomic E-state index is 13.3. The van der Waals surface area contributed by atoms with Gasteiger partial charge >= 0.3 is 5.97 Å². The Kier molecular flexibility index (Phi) is 15.1. The van der Waals surface area contributed by atoms with Gasteiger partial charge in [-0.25, -0.2) is 4.79 Å². The summed E-state index contributed by atoms with van der Waals surface area (Å²) in [6.07, 6.45) is 4.14. The molecule has 0 spiro atoms. The Bertz CT molecular complexity index is 849. The van der Waals surface area contributed by atoms with Crippen LogP contribution in [0, 0.1) is 5.92 Å². The molecule has 0 bridgehead atoms. The van der Waals surface area contributed by atoms with Crippen LogP contribution in [0.5, 0.6) is 0 Å². The molecule has 0 saturated heterocycles. The van der Waals surface area contributed by atoms with Crippen LogP contribution >= 0.6 is 0 Å². The summed E-state index contributed by atoms with van der Waals surface area (Å²) in [4.78, 5) is 50.9. The molecule has 1 rings (SSSR count). The predicted octanol–water partition coefficient (Wildman–Crippen LogP) is 1.46. The van der Waals surface area contributed by atoms with E-state index in [2.05, 4.69) is 16.0 Å². The summed E-state index contributed by atoms with van der Waals surface area (Å²) >= 11 is 0. The lowest BCUT2D eigenvalue weighted by Crippen LogP contribution is -2.57. The van der Waals surface area contributed by atoms with E-state index in [0.29, 0.717) is 32.2 Å². The lowest BCUT2D eigenvalue weighted by molar-refractivity contribution is -0.142. The minimum atomic E-state index is -1.15. The van der Waals surface area contributed by atoms with E-state index in [1.165, 1.54) is 0 Å². The van der Waals surface area contributed by atoms with Crippen molar-refractivity contribution in [2.75, 3.05) is 6.54 Å². The first-order valence-corrected chi connectivity index (χ1v) is 13.2. The van der Waals surface area contributed by atoms with Crippen molar-refractivity contribution in [1.82, 2.24) is 16.0 Å². The molecule has 8 N–H and O–H groups in total. The maximum absolute atomic E-state index is 13.3. The molecule has 0 saturated carbocycles. The first kappa shape index (κ1) is 32.0. The van der Waals surface area contributed by atoms with Crippen LogP contribution in [0.2, 0.25) is 0 Å². The van der Waals surface area contributed by atoms with Crippen molar-refractivity contribution in [2.24, 2.45) is 17.4 Å². The highest BCUT2D eigenvalue weighted by molar-refractivity contribution is 5.94. The van der Waals surface area contributed by atoms with E-state index in [4.69, 9.17) is 11.5 Å². The predicted molar refractivity (Wildman–Crippen MR) is 143 cm³/mol. The number of benzene rings is 1. The fourth-order valence-corrected chi connectivity index (χ4v) is 3.89. The summed E-state index contributed by atoms with van der Waals surface area (Å²) in [6, 6.07) is 5.37. The van der Waals surface area contributed by atoms with Gasteiger partial charge in [-0.3, -0.25) is 14.4 Å². The van der Waals surface area contributed by atoms with Gasteiger partial charge in [-0.1, -0.05) is 63.9 Å². The van der Waals surface area contributed by atoms with Gasteiger partial charge in [-0.15, -0.1) is 0 Å². The van der Waals surface area contributed by atoms with Crippen molar-refractivity contribution in [3.05, 3.63) is 35.9 Å². The van der Waals surface area contributed by atoms with Crippen molar-refractivity contribution < 1.29 is 24.3 Å². The number of carboxylic acid groups (broad SMARTS) is 1. The summed E-state index contributed by atoms with van der Waals surface area (Å²) in [6.45, 7) is 6.29. The zero-order valence-corrected chi connectivity index (χ0v) is 22.4. The second-order valence-corrected chi connectivity index (χ2v) is 9.87. The lowest BCUT2D eigenvalue weighted by Gasteiger charge is -2.26. The lowest BCUT2D eigenvalue weighted by atomic mass is 10.00. The number of carboxylic acids is 1. The van der Waals surface area contributed by atoms with Gasteiger partial charge in [0, 0.05) is 6.42 Å². The minimum absolute atomic E-state index is 0.0863. The van der Waals surface area contributed by atoms with E-state index < -0.39 is 47.9 Å². The standard InChI is InChI=1S/C27H45N5O5/c1-4-5-13-20(29)24(33)31-22(16-18(2)3)25(34)32-23(17-19-11-7-6-8-12-19)26(35)30-21(27(36)37)14-9-10-15-28/h6-8,11-12,18,20-23H,4-5,9-10,13-17,28-29H2,1-3H3,(H,30,35)(H,31,33)(H,32,34)(H,36,37)/t20-,21-,22-,23-/m0/s1. The topological polar surface area (TPSA) is 177 Å². The smallest absolute Gasteiger partial charge is 0.326 e. The second kappa shape index (κ2) is 17.5. The molecule has 0 aliphatic carbocycles. The normalized spacial score (nSPS) is 14.3. The first-order chi connectivity index (χ1) is 17.6. The van der Waals surface area contributed by atoms with Gasteiger partial charge < -0.3 is 32.5 Å². The van der Waals surface area contributed by atoms with Gasteiger partial charge in [0.1, 0.15) is 18.1 Å². The van der Waals surface area contributed by atoms with E-state index in [0.717, 1.165) is 18.4 Å². The Morgan fingerprint density at radius 1 is 0.838 bits per heavy atom. The number of nitrogens with one attached hydrogen (secondary N) is 3. The number of amides is 3. The molecular formula is C27H45N5O5. The van der Waals surface area contributed by atoms with Crippen LogP contribution in [0.3, 0.4) is 0 Å². The van der Waals surface area contributed by atoms with Gasteiger partial charge in [0.2, 0.25) is 17.7 Å². The minimum Gasteiger partial charge on any atom is -0.480 e. The molecule has 0 aromatic heterocycles. The van der Waals surface area contributed by atoms with Gasteiger partial charge in [0.05, 0.1) is 6.04 Å². The molecule has 1 aromatic rings. The number of aliphatic carboxylic acids is 1. The first-order valence-electron chi connectivity index (χ1n) is 13.2. The molecule has 208 valence electrons. The molecule has 10 nitrogen and oxygen atoms in total. The average molecular weight is 520 g/mol. The highest BCUT2D eigenvalue weighted by Gasteiger charge is 2.30. The van der Waals surface area contributed by atoms with E-state index in [-0.39, 0.29) is 18.8 Å². The van der Waals surface area contributed by atoms with Crippen LogP contribution < -0.4 is 27.4 Å². The largest absolute Gasteiger partial charge is 0.480 e. The van der Waals surface area contributed by atoms with E-state index in [1.807, 2.05) is 51.1 Å². The van der Waals surface area contributed by atoms with Crippen molar-refractivity contribution in [3.8, 4) is 0 Å². The monoisotopic (exact) mass is 519 g/mol. The number of hydrogen-bond donors (Lipinski definition) is 6. The number of nitrogens with two attached hydrogens (primary N) is 2. The summed E-state index contributed by atoms with van der Waals surface area (Å²) in [5.74, 6) is -2.60. The number of carbonyl (C=O) groups is 4. The second-order valence-electron chi connectivity index (χ2n) is 9.87. The highest BCUT2D eigenvalue weighted by atomic mass is 16.4. The number of rotatable bonds is 18. The van der Waals surface area contributed by atoms with Crippen LogP contribution in [0.4, 0.5) is 0 Å². The molecule has 4 atom stereocenters. The fraction of sp³-hybridized carbons (Fsp3) is 0.630. The third-order valence-corrected chi connectivity index (χ3v) is 6.02. The third-order valence-electron chi connectivity index (χ3n) is 6.02. The molecular weight excluding hydrogens is 474 g/mol. The van der Waals surface area contributed by atoms with Crippen molar-refractivity contribution in [1.29, 1.82) is 0 Å². The van der Waals surface area contributed by atoms with Crippen LogP contribution in [-0.2, 0) is 25.6 Å². The molecule has 1 aromatic carbocycles. The Balaban J connectivity index is 3.06. The van der Waals surface area contributed by atoms with Crippen LogP contribution in [0.25, 0.3) is 0 Å². The van der Waals surface area contributed by atoms with E-state index in [1.54, 1.807) is 0 Å². The van der Waals surface area contributed by atoms with Gasteiger partial charge in [0.25, 0.3) is 0 Å². The molecule has 0 aliphatic rings. The van der Waals surface area contributed by atoms with E-state index in [9.17, 15) is 24.3 Å². The SMILES string of the molecule is CCCC[C@H](N)C(=O)N[C@@H](CC(C)C)C(=O)N[C@@H](Cc1ccccc1)C(=O)N[C@@H](CCCCN)C(=O)O. The number of hydrogen-bond acceptors (Lipinski definition) is 6. The molecule has 0 heterocycles. The van der Waals surface area contributed by atoms with Crippen molar-refractivity contribution in [3.63, 3.8) is 0 Å². The highest BCUT2D eigenvalue weighted by Crippen LogP contribution is 2.10. The average Bonchev–Trinajstić information content (AvgIpc) is 2.85. The van der Waals surface area contributed by atoms with Crippen molar-refractivity contribution in [2.45, 2.75) is 96.3 Å². The quantitative estimate of drug-likeness (QED) is 0.159. The molecule has 0 fully saturated rings. The molecule has 0 aliphatic heterocycles. The summed E-state index contributed by atoms with van der Waals surface area (Å²) in [5, 5.41) is 17.6.